The van der Waals surface area contributed by atoms with Crippen molar-refractivity contribution in [3.63, 3.8) is 0 Å². The molecule has 2 atom stereocenters. The van der Waals surface area contributed by atoms with Crippen LogP contribution in [0.3, 0.4) is 0 Å². The normalized spacial score (nSPS) is 17.7. The Hall–Kier alpha value is -2.88. The van der Waals surface area contributed by atoms with Gasteiger partial charge in [-0.2, -0.15) is 0 Å². The number of aryl methyl sites for hydroxylation is 1. The molecule has 1 aromatic heterocycles. The van der Waals surface area contributed by atoms with Crippen LogP contribution in [0.1, 0.15) is 51.8 Å². The lowest BCUT2D eigenvalue weighted by atomic mass is 10.0. The highest BCUT2D eigenvalue weighted by Gasteiger charge is 2.31. The fourth-order valence-electron chi connectivity index (χ4n) is 3.86. The van der Waals surface area contributed by atoms with E-state index in [4.69, 9.17) is 4.74 Å². The molecule has 1 aromatic carbocycles. The van der Waals surface area contributed by atoms with E-state index in [0.29, 0.717) is 36.8 Å². The maximum atomic E-state index is 12.9. The van der Waals surface area contributed by atoms with Gasteiger partial charge in [0.25, 0.3) is 10.0 Å². The number of rotatable bonds is 6. The van der Waals surface area contributed by atoms with Crippen molar-refractivity contribution >= 4 is 27.6 Å². The van der Waals surface area contributed by atoms with Crippen LogP contribution in [0.4, 0.5) is 20.7 Å². The first kappa shape index (κ1) is 26.7. The predicted octanol–water partition coefficient (Wildman–Crippen LogP) is 4.71. The Morgan fingerprint density at radius 3 is 2.40 bits per heavy atom. The summed E-state index contributed by atoms with van der Waals surface area (Å²) >= 11 is 0. The fraction of sp³-hybridized carbons (Fsp3) is 0.520. The quantitative estimate of drug-likeness (QED) is 0.610. The molecule has 0 bridgehead atoms. The predicted molar refractivity (Wildman–Crippen MR) is 135 cm³/mol. The Balaban J connectivity index is 1.68. The molecule has 1 saturated heterocycles. The van der Waals surface area contributed by atoms with Crippen molar-refractivity contribution in [2.45, 2.75) is 64.0 Å². The van der Waals surface area contributed by atoms with Gasteiger partial charge in [0.05, 0.1) is 23.0 Å². The smallest absolute Gasteiger partial charge is 0.410 e. The van der Waals surface area contributed by atoms with Gasteiger partial charge in [-0.25, -0.2) is 18.2 Å². The summed E-state index contributed by atoms with van der Waals surface area (Å²) in [7, 11) is -3.82. The Morgan fingerprint density at radius 2 is 1.86 bits per heavy atom. The van der Waals surface area contributed by atoms with Crippen molar-refractivity contribution in [3.8, 4) is 0 Å². The van der Waals surface area contributed by atoms with Crippen LogP contribution in [-0.4, -0.2) is 62.3 Å². The molecule has 1 aliphatic heterocycles. The third-order valence-corrected chi connectivity index (χ3v) is 7.27. The summed E-state index contributed by atoms with van der Waals surface area (Å²) in [5.74, 6) is 0.429. The minimum absolute atomic E-state index is 0.0676. The van der Waals surface area contributed by atoms with Gasteiger partial charge in [0.2, 0.25) is 0 Å². The average molecular weight is 507 g/mol. The number of amides is 1. The summed E-state index contributed by atoms with van der Waals surface area (Å²) in [6.45, 7) is 12.2. The average Bonchev–Trinajstić information content (AvgIpc) is 2.78. The van der Waals surface area contributed by atoms with E-state index in [1.165, 1.54) is 12.1 Å². The van der Waals surface area contributed by atoms with Crippen molar-refractivity contribution in [1.82, 2.24) is 9.88 Å². The van der Waals surface area contributed by atoms with Crippen LogP contribution >= 0.6 is 0 Å². The third-order valence-electron chi connectivity index (χ3n) is 5.89. The number of ether oxygens (including phenoxy) is 1. The largest absolute Gasteiger partial charge is 0.444 e. The number of piperazine rings is 1. The standard InChI is InChI=1S/C25H35FN4O4S/c1-17(15-26)20-7-9-21(10-8-20)35(32,33)28-22-11-12-23(27-19(22)3)29-13-14-30(18(2)16-29)24(31)34-25(4,5)6/h7-12,17-18,28H,13-16H2,1-6H3/t17-,18+/m1/s1. The van der Waals surface area contributed by atoms with Crippen LogP contribution in [0.15, 0.2) is 41.3 Å². The van der Waals surface area contributed by atoms with E-state index in [1.54, 1.807) is 43.0 Å². The fourth-order valence-corrected chi connectivity index (χ4v) is 4.98. The molecule has 1 amide bonds. The summed E-state index contributed by atoms with van der Waals surface area (Å²) in [6, 6.07) is 9.61. The van der Waals surface area contributed by atoms with Gasteiger partial charge in [0.1, 0.15) is 11.4 Å². The second-order valence-electron chi connectivity index (χ2n) is 10.0. The summed E-state index contributed by atoms with van der Waals surface area (Å²) in [5.41, 5.74) is 1.12. The van der Waals surface area contributed by atoms with Gasteiger partial charge in [0, 0.05) is 31.6 Å². The number of nitrogens with zero attached hydrogens (tertiary/aromatic N) is 3. The molecular formula is C25H35FN4O4S. The zero-order valence-corrected chi connectivity index (χ0v) is 22.0. The number of hydrogen-bond acceptors (Lipinski definition) is 6. The lowest BCUT2D eigenvalue weighted by Crippen LogP contribution is -2.55. The molecule has 3 rings (SSSR count). The van der Waals surface area contributed by atoms with E-state index in [1.807, 2.05) is 27.7 Å². The van der Waals surface area contributed by atoms with Crippen molar-refractivity contribution in [1.29, 1.82) is 0 Å². The topological polar surface area (TPSA) is 91.8 Å². The molecule has 1 N–H and O–H groups in total. The first-order valence-corrected chi connectivity index (χ1v) is 13.2. The van der Waals surface area contributed by atoms with Gasteiger partial charge in [-0.3, -0.25) is 9.11 Å². The molecule has 2 heterocycles. The van der Waals surface area contributed by atoms with E-state index >= 15 is 0 Å². The number of anilines is 2. The van der Waals surface area contributed by atoms with E-state index in [-0.39, 0.29) is 22.9 Å². The molecule has 0 aliphatic carbocycles. The molecule has 1 fully saturated rings. The summed E-state index contributed by atoms with van der Waals surface area (Å²) in [6.07, 6.45) is -0.328. The molecular weight excluding hydrogens is 471 g/mol. The van der Waals surface area contributed by atoms with Crippen molar-refractivity contribution in [3.05, 3.63) is 47.7 Å². The number of nitrogens with one attached hydrogen (secondary N) is 1. The van der Waals surface area contributed by atoms with Crippen LogP contribution in [0.5, 0.6) is 0 Å². The number of aromatic nitrogens is 1. The molecule has 0 saturated carbocycles. The summed E-state index contributed by atoms with van der Waals surface area (Å²) < 4.78 is 46.7. The SMILES string of the molecule is Cc1nc(N2CCN(C(=O)OC(C)(C)C)[C@@H](C)C2)ccc1NS(=O)(=O)c1ccc([C@H](C)CF)cc1. The van der Waals surface area contributed by atoms with Crippen molar-refractivity contribution in [2.24, 2.45) is 0 Å². The van der Waals surface area contributed by atoms with E-state index < -0.39 is 22.3 Å². The highest BCUT2D eigenvalue weighted by Crippen LogP contribution is 2.25. The zero-order chi connectivity index (χ0) is 26.0. The molecule has 10 heteroatoms. The highest BCUT2D eigenvalue weighted by molar-refractivity contribution is 7.92. The molecule has 2 aromatic rings. The molecule has 35 heavy (non-hydrogen) atoms. The Morgan fingerprint density at radius 1 is 1.20 bits per heavy atom. The summed E-state index contributed by atoms with van der Waals surface area (Å²) in [5, 5.41) is 0. The van der Waals surface area contributed by atoms with Crippen molar-refractivity contribution in [2.75, 3.05) is 35.9 Å². The Kier molecular flexibility index (Phi) is 7.93. The van der Waals surface area contributed by atoms with Crippen LogP contribution in [0.2, 0.25) is 0 Å². The number of halogens is 1. The van der Waals surface area contributed by atoms with Crippen LogP contribution < -0.4 is 9.62 Å². The summed E-state index contributed by atoms with van der Waals surface area (Å²) in [4.78, 5) is 21.0. The van der Waals surface area contributed by atoms with Gasteiger partial charge < -0.3 is 14.5 Å². The molecule has 1 aliphatic rings. The minimum Gasteiger partial charge on any atom is -0.444 e. The van der Waals surface area contributed by atoms with Crippen LogP contribution in [-0.2, 0) is 14.8 Å². The Labute approximate surface area is 207 Å². The minimum atomic E-state index is -3.82. The van der Waals surface area contributed by atoms with Crippen molar-refractivity contribution < 1.29 is 22.3 Å². The third kappa shape index (κ3) is 6.62. The van der Waals surface area contributed by atoms with Crippen LogP contribution in [0, 0.1) is 6.92 Å². The number of benzene rings is 1. The maximum absolute atomic E-state index is 12.9. The first-order chi connectivity index (χ1) is 16.3. The second-order valence-corrected chi connectivity index (χ2v) is 11.7. The lowest BCUT2D eigenvalue weighted by molar-refractivity contribution is 0.0158. The number of hydrogen-bond donors (Lipinski definition) is 1. The first-order valence-electron chi connectivity index (χ1n) is 11.7. The molecule has 8 nitrogen and oxygen atoms in total. The molecule has 0 unspecified atom stereocenters. The van der Waals surface area contributed by atoms with Gasteiger partial charge in [-0.1, -0.05) is 19.1 Å². The lowest BCUT2D eigenvalue weighted by Gasteiger charge is -2.40. The van der Waals surface area contributed by atoms with Crippen LogP contribution in [0.25, 0.3) is 0 Å². The van der Waals surface area contributed by atoms with E-state index in [0.717, 1.165) is 5.56 Å². The molecule has 192 valence electrons. The number of carbonyl (C=O) groups is 1. The van der Waals surface area contributed by atoms with Gasteiger partial charge in [-0.05, 0) is 64.4 Å². The second kappa shape index (κ2) is 10.4. The van der Waals surface area contributed by atoms with Gasteiger partial charge in [0.15, 0.2) is 0 Å². The Bertz CT molecular complexity index is 1150. The highest BCUT2D eigenvalue weighted by atomic mass is 32.2. The molecule has 0 radical (unpaired) electrons. The maximum Gasteiger partial charge on any atom is 0.410 e. The number of alkyl halides is 1. The zero-order valence-electron chi connectivity index (χ0n) is 21.2. The number of carbonyl (C=O) groups excluding carboxylic acids is 1. The monoisotopic (exact) mass is 506 g/mol. The van der Waals surface area contributed by atoms with Gasteiger partial charge >= 0.3 is 6.09 Å². The number of sulfonamides is 1. The van der Waals surface area contributed by atoms with E-state index in [9.17, 15) is 17.6 Å². The number of pyridine rings is 1. The molecule has 0 spiro atoms. The van der Waals surface area contributed by atoms with E-state index in [2.05, 4.69) is 14.6 Å². The van der Waals surface area contributed by atoms with Gasteiger partial charge in [-0.15, -0.1) is 0 Å².